The van der Waals surface area contributed by atoms with Crippen molar-refractivity contribution in [2.75, 3.05) is 0 Å². The monoisotopic (exact) mass is 197 g/mol. The first kappa shape index (κ1) is 9.97. The molecule has 0 aliphatic carbocycles. The highest BCUT2D eigenvalue weighted by molar-refractivity contribution is 6.23. The standard InChI is InChI=1S/C8H7NO5/c10-4-7(11)9-3-5-1-2-6(14-5)8(12)13/h1-2,4H,3H2,(H,9,11)(H,12,13). The summed E-state index contributed by atoms with van der Waals surface area (Å²) in [6, 6.07) is 2.68. The lowest BCUT2D eigenvalue weighted by Crippen LogP contribution is -2.23. The molecule has 1 rings (SSSR count). The summed E-state index contributed by atoms with van der Waals surface area (Å²) >= 11 is 0. The van der Waals surface area contributed by atoms with E-state index in [1.807, 2.05) is 0 Å². The number of carbonyl (C=O) groups excluding carboxylic acids is 2. The predicted octanol–water partition coefficient (Wildman–Crippen LogP) is -0.207. The van der Waals surface area contributed by atoms with E-state index in [0.717, 1.165) is 0 Å². The van der Waals surface area contributed by atoms with Gasteiger partial charge >= 0.3 is 5.97 Å². The Balaban J connectivity index is 2.56. The number of hydrogen-bond donors (Lipinski definition) is 2. The molecule has 1 amide bonds. The second-order valence-electron chi connectivity index (χ2n) is 2.41. The van der Waals surface area contributed by atoms with E-state index in [4.69, 9.17) is 9.52 Å². The van der Waals surface area contributed by atoms with Gasteiger partial charge in [-0.15, -0.1) is 0 Å². The molecule has 0 radical (unpaired) electrons. The largest absolute Gasteiger partial charge is 0.475 e. The van der Waals surface area contributed by atoms with Gasteiger partial charge in [-0.2, -0.15) is 0 Å². The highest BCUT2D eigenvalue weighted by Gasteiger charge is 2.08. The minimum Gasteiger partial charge on any atom is -0.475 e. The number of nitrogens with one attached hydrogen (secondary N) is 1. The fraction of sp³-hybridized carbons (Fsp3) is 0.125. The molecular weight excluding hydrogens is 190 g/mol. The van der Waals surface area contributed by atoms with Gasteiger partial charge in [0.15, 0.2) is 0 Å². The van der Waals surface area contributed by atoms with Gasteiger partial charge in [0, 0.05) is 0 Å². The first-order valence-corrected chi connectivity index (χ1v) is 3.68. The van der Waals surface area contributed by atoms with Crippen LogP contribution < -0.4 is 5.32 Å². The summed E-state index contributed by atoms with van der Waals surface area (Å²) in [5, 5.41) is 10.7. The molecular formula is C8H7NO5. The van der Waals surface area contributed by atoms with Crippen molar-refractivity contribution in [3.05, 3.63) is 23.7 Å². The van der Waals surface area contributed by atoms with Crippen molar-refractivity contribution < 1.29 is 23.9 Å². The number of hydrogen-bond acceptors (Lipinski definition) is 4. The second-order valence-corrected chi connectivity index (χ2v) is 2.41. The van der Waals surface area contributed by atoms with Crippen LogP contribution in [0.3, 0.4) is 0 Å². The average molecular weight is 197 g/mol. The van der Waals surface area contributed by atoms with E-state index in [2.05, 4.69) is 5.32 Å². The molecule has 0 unspecified atom stereocenters. The third-order valence-electron chi connectivity index (χ3n) is 1.42. The van der Waals surface area contributed by atoms with Gasteiger partial charge in [-0.05, 0) is 12.1 Å². The maximum Gasteiger partial charge on any atom is 0.371 e. The van der Waals surface area contributed by atoms with Crippen molar-refractivity contribution >= 4 is 18.2 Å². The van der Waals surface area contributed by atoms with Crippen LogP contribution in [0.25, 0.3) is 0 Å². The zero-order valence-electron chi connectivity index (χ0n) is 7.02. The van der Waals surface area contributed by atoms with Crippen LogP contribution in [0.2, 0.25) is 0 Å². The van der Waals surface area contributed by atoms with E-state index in [1.54, 1.807) is 0 Å². The number of carboxylic acids is 1. The molecule has 0 fully saturated rings. The molecule has 0 spiro atoms. The molecule has 0 saturated carbocycles. The molecule has 74 valence electrons. The van der Waals surface area contributed by atoms with Crippen molar-refractivity contribution in [1.82, 2.24) is 5.32 Å². The number of furan rings is 1. The fourth-order valence-corrected chi connectivity index (χ4v) is 0.804. The molecule has 1 heterocycles. The first-order valence-electron chi connectivity index (χ1n) is 3.68. The van der Waals surface area contributed by atoms with Crippen LogP contribution in [0.4, 0.5) is 0 Å². The van der Waals surface area contributed by atoms with E-state index in [0.29, 0.717) is 0 Å². The van der Waals surface area contributed by atoms with E-state index >= 15 is 0 Å². The van der Waals surface area contributed by atoms with Crippen molar-refractivity contribution in [1.29, 1.82) is 0 Å². The topological polar surface area (TPSA) is 96.6 Å². The molecule has 14 heavy (non-hydrogen) atoms. The van der Waals surface area contributed by atoms with Crippen molar-refractivity contribution in [2.45, 2.75) is 6.54 Å². The van der Waals surface area contributed by atoms with Crippen molar-refractivity contribution in [3.8, 4) is 0 Å². The minimum atomic E-state index is -1.18. The van der Waals surface area contributed by atoms with Crippen LogP contribution >= 0.6 is 0 Å². The minimum absolute atomic E-state index is 0.00907. The Labute approximate surface area is 78.5 Å². The van der Waals surface area contributed by atoms with Gasteiger partial charge in [0.05, 0.1) is 6.54 Å². The third kappa shape index (κ3) is 2.44. The SMILES string of the molecule is O=CC(=O)NCc1ccc(C(=O)O)o1. The van der Waals surface area contributed by atoms with Gasteiger partial charge in [-0.1, -0.05) is 0 Å². The van der Waals surface area contributed by atoms with Gasteiger partial charge in [0.25, 0.3) is 5.91 Å². The Bertz CT molecular complexity index is 368. The van der Waals surface area contributed by atoms with E-state index in [-0.39, 0.29) is 24.4 Å². The van der Waals surface area contributed by atoms with Gasteiger partial charge in [-0.25, -0.2) is 4.79 Å². The first-order chi connectivity index (χ1) is 6.63. The smallest absolute Gasteiger partial charge is 0.371 e. The maximum absolute atomic E-state index is 10.5. The van der Waals surface area contributed by atoms with Crippen LogP contribution in [0, 0.1) is 0 Å². The Morgan fingerprint density at radius 1 is 1.50 bits per heavy atom. The zero-order chi connectivity index (χ0) is 10.6. The molecule has 1 aromatic heterocycles. The summed E-state index contributed by atoms with van der Waals surface area (Å²) in [4.78, 5) is 30.8. The summed E-state index contributed by atoms with van der Waals surface area (Å²) in [5.74, 6) is -1.89. The maximum atomic E-state index is 10.5. The molecule has 6 nitrogen and oxygen atoms in total. The van der Waals surface area contributed by atoms with Crippen molar-refractivity contribution in [2.24, 2.45) is 0 Å². The molecule has 6 heteroatoms. The average Bonchev–Trinajstić information content (AvgIpc) is 2.62. The number of carboxylic acid groups (broad SMARTS) is 1. The highest BCUT2D eigenvalue weighted by Crippen LogP contribution is 2.06. The highest BCUT2D eigenvalue weighted by atomic mass is 16.4. The molecule has 0 aromatic carbocycles. The van der Waals surface area contributed by atoms with Crippen LogP contribution in [0.15, 0.2) is 16.5 Å². The van der Waals surface area contributed by atoms with Gasteiger partial charge in [-0.3, -0.25) is 9.59 Å². The number of aldehydes is 1. The van der Waals surface area contributed by atoms with Crippen molar-refractivity contribution in [3.63, 3.8) is 0 Å². The fourth-order valence-electron chi connectivity index (χ4n) is 0.804. The van der Waals surface area contributed by atoms with Crippen LogP contribution in [0.5, 0.6) is 0 Å². The zero-order valence-corrected chi connectivity index (χ0v) is 7.02. The molecule has 2 N–H and O–H groups in total. The molecule has 0 bridgehead atoms. The molecule has 0 aliphatic rings. The van der Waals surface area contributed by atoms with Crippen LogP contribution in [-0.2, 0) is 16.1 Å². The molecule has 1 aromatic rings. The number of amides is 1. The predicted molar refractivity (Wildman–Crippen MR) is 43.6 cm³/mol. The number of rotatable bonds is 4. The number of aromatic carboxylic acids is 1. The van der Waals surface area contributed by atoms with E-state index in [9.17, 15) is 14.4 Å². The molecule has 0 atom stereocenters. The molecule has 0 saturated heterocycles. The Hall–Kier alpha value is -2.11. The van der Waals surface area contributed by atoms with Gasteiger partial charge in [0.2, 0.25) is 12.0 Å². The second kappa shape index (κ2) is 4.22. The third-order valence-corrected chi connectivity index (χ3v) is 1.42. The summed E-state index contributed by atoms with van der Waals surface area (Å²) in [6.07, 6.45) is 0.126. The van der Waals surface area contributed by atoms with Gasteiger partial charge in [0.1, 0.15) is 5.76 Å². The summed E-state index contributed by atoms with van der Waals surface area (Å²) < 4.78 is 4.81. The summed E-state index contributed by atoms with van der Waals surface area (Å²) in [7, 11) is 0. The lowest BCUT2D eigenvalue weighted by atomic mass is 10.4. The Kier molecular flexibility index (Phi) is 3.01. The summed E-state index contributed by atoms with van der Waals surface area (Å²) in [5.41, 5.74) is 0. The van der Waals surface area contributed by atoms with Crippen LogP contribution in [0.1, 0.15) is 16.3 Å². The Morgan fingerprint density at radius 3 is 2.71 bits per heavy atom. The van der Waals surface area contributed by atoms with E-state index in [1.165, 1.54) is 12.1 Å². The van der Waals surface area contributed by atoms with Gasteiger partial charge < -0.3 is 14.8 Å². The lowest BCUT2D eigenvalue weighted by molar-refractivity contribution is -0.131. The normalized spacial score (nSPS) is 9.43. The van der Waals surface area contributed by atoms with Crippen LogP contribution in [-0.4, -0.2) is 23.3 Å². The lowest BCUT2D eigenvalue weighted by Gasteiger charge is -1.95. The quantitative estimate of drug-likeness (QED) is 0.514. The number of carbonyl (C=O) groups is 3. The molecule has 0 aliphatic heterocycles. The summed E-state index contributed by atoms with van der Waals surface area (Å²) in [6.45, 7) is -0.00907. The Morgan fingerprint density at radius 2 is 2.21 bits per heavy atom. The van der Waals surface area contributed by atoms with E-state index < -0.39 is 11.9 Å².